The Morgan fingerprint density at radius 3 is 2.48 bits per heavy atom. The quantitative estimate of drug-likeness (QED) is 0.619. The molecule has 33 heavy (non-hydrogen) atoms. The van der Waals surface area contributed by atoms with Crippen LogP contribution in [-0.2, 0) is 23.5 Å². The van der Waals surface area contributed by atoms with Crippen molar-refractivity contribution in [3.63, 3.8) is 0 Å². The van der Waals surface area contributed by atoms with Crippen LogP contribution in [-0.4, -0.2) is 34.3 Å². The molecule has 1 aromatic heterocycles. The molecule has 2 aliphatic heterocycles. The van der Waals surface area contributed by atoms with Crippen molar-refractivity contribution < 1.29 is 22.8 Å². The van der Waals surface area contributed by atoms with Crippen LogP contribution in [0.15, 0.2) is 35.6 Å². The lowest BCUT2D eigenvalue weighted by atomic mass is 9.89. The van der Waals surface area contributed by atoms with Gasteiger partial charge in [-0.2, -0.15) is 13.2 Å². The lowest BCUT2D eigenvalue weighted by molar-refractivity contribution is -0.275. The van der Waals surface area contributed by atoms with Crippen molar-refractivity contribution in [3.8, 4) is 0 Å². The number of rotatable bonds is 4. The van der Waals surface area contributed by atoms with Gasteiger partial charge in [-0.3, -0.25) is 9.78 Å². The summed E-state index contributed by atoms with van der Waals surface area (Å²) in [5.41, 5.74) is -1.02. The molecule has 176 valence electrons. The van der Waals surface area contributed by atoms with Gasteiger partial charge in [0.15, 0.2) is 0 Å². The monoisotopic (exact) mass is 500 g/mol. The van der Waals surface area contributed by atoms with Crippen LogP contribution in [0.2, 0.25) is 10.0 Å². The zero-order valence-corrected chi connectivity index (χ0v) is 19.4. The number of fused-ring (bicyclic) bond motifs is 1. The van der Waals surface area contributed by atoms with E-state index in [0.29, 0.717) is 19.0 Å². The fourth-order valence-electron chi connectivity index (χ4n) is 3.82. The second kappa shape index (κ2) is 8.68. The van der Waals surface area contributed by atoms with Gasteiger partial charge in [0.2, 0.25) is 0 Å². The van der Waals surface area contributed by atoms with E-state index in [1.165, 1.54) is 18.2 Å². The summed E-state index contributed by atoms with van der Waals surface area (Å²) < 4.78 is 42.6. The summed E-state index contributed by atoms with van der Waals surface area (Å²) in [6, 6.07) is 5.38. The maximum Gasteiger partial charge on any atom is 0.435 e. The number of carbonyl (C=O) groups is 1. The smallest absolute Gasteiger partial charge is 0.372 e. The summed E-state index contributed by atoms with van der Waals surface area (Å²) in [5.74, 6) is 0.147. The molecular formula is C22H21Cl2F3N4O2. The second-order valence-corrected chi connectivity index (χ2v) is 9.43. The molecule has 3 heterocycles. The van der Waals surface area contributed by atoms with E-state index in [0.717, 1.165) is 11.1 Å². The number of oxime groups is 1. The molecule has 1 amide bonds. The Balaban J connectivity index is 1.54. The maximum atomic E-state index is 14.2. The van der Waals surface area contributed by atoms with Crippen LogP contribution in [0, 0.1) is 5.92 Å². The van der Waals surface area contributed by atoms with Gasteiger partial charge in [0.25, 0.3) is 11.5 Å². The van der Waals surface area contributed by atoms with E-state index in [1.54, 1.807) is 17.2 Å². The molecule has 1 N–H and O–H groups in total. The van der Waals surface area contributed by atoms with Crippen LogP contribution in [0.5, 0.6) is 0 Å². The van der Waals surface area contributed by atoms with Gasteiger partial charge in [0.1, 0.15) is 11.5 Å². The number of benzene rings is 1. The van der Waals surface area contributed by atoms with Crippen molar-refractivity contribution in [2.45, 2.75) is 45.1 Å². The minimum Gasteiger partial charge on any atom is -0.372 e. The number of nitrogens with one attached hydrogen (secondary N) is 1. The van der Waals surface area contributed by atoms with E-state index in [-0.39, 0.29) is 39.6 Å². The zero-order valence-electron chi connectivity index (χ0n) is 17.8. The van der Waals surface area contributed by atoms with Crippen LogP contribution in [0.3, 0.4) is 0 Å². The molecule has 0 saturated carbocycles. The van der Waals surface area contributed by atoms with Gasteiger partial charge in [-0.05, 0) is 41.3 Å². The Hall–Kier alpha value is -2.52. The van der Waals surface area contributed by atoms with Crippen molar-refractivity contribution >= 4 is 34.9 Å². The van der Waals surface area contributed by atoms with Crippen LogP contribution >= 0.6 is 23.2 Å². The first-order chi connectivity index (χ1) is 15.5. The van der Waals surface area contributed by atoms with E-state index in [2.05, 4.69) is 15.5 Å². The number of nitrogens with zero attached hydrogens (tertiary/aromatic N) is 3. The molecular weight excluding hydrogens is 480 g/mol. The third kappa shape index (κ3) is 4.61. The fourth-order valence-corrected chi connectivity index (χ4v) is 4.35. The lowest BCUT2D eigenvalue weighted by Gasteiger charge is -2.30. The van der Waals surface area contributed by atoms with Crippen molar-refractivity contribution in [2.75, 3.05) is 6.54 Å². The zero-order chi connectivity index (χ0) is 24.0. The first kappa shape index (κ1) is 23.6. The van der Waals surface area contributed by atoms with Crippen LogP contribution in [0.1, 0.15) is 47.4 Å². The van der Waals surface area contributed by atoms with Gasteiger partial charge >= 0.3 is 6.18 Å². The fraction of sp³-hybridized carbons (Fsp3) is 0.409. The standard InChI is InChI=1S/C22H21Cl2F3N4O2/c1-12(2)8-29-20(32)18-3-13-10-31(11-14(13)9-28-18)19-7-21(33-30-19,22(25,26)27)15-4-16(23)6-17(24)5-15/h3-6,9,12H,7-8,10-11H2,1-2H3,(H,29,32). The highest BCUT2D eigenvalue weighted by Crippen LogP contribution is 2.49. The minimum atomic E-state index is -4.76. The van der Waals surface area contributed by atoms with Crippen LogP contribution in [0.25, 0.3) is 0 Å². The van der Waals surface area contributed by atoms with E-state index < -0.39 is 18.2 Å². The number of alkyl halides is 3. The summed E-state index contributed by atoms with van der Waals surface area (Å²) in [6.45, 7) is 5.08. The Labute approximate surface area is 198 Å². The molecule has 0 fully saturated rings. The predicted molar refractivity (Wildman–Crippen MR) is 118 cm³/mol. The highest BCUT2D eigenvalue weighted by molar-refractivity contribution is 6.34. The van der Waals surface area contributed by atoms with E-state index in [4.69, 9.17) is 28.0 Å². The molecule has 0 radical (unpaired) electrons. The van der Waals surface area contributed by atoms with Crippen LogP contribution in [0.4, 0.5) is 13.2 Å². The SMILES string of the molecule is CC(C)CNC(=O)c1cc2c(cn1)CN(C1=NOC(c3cc(Cl)cc(Cl)c3)(C(F)(F)F)C1)C2. The number of aromatic nitrogens is 1. The highest BCUT2D eigenvalue weighted by atomic mass is 35.5. The Bertz CT molecular complexity index is 1100. The van der Waals surface area contributed by atoms with E-state index >= 15 is 0 Å². The highest BCUT2D eigenvalue weighted by Gasteiger charge is 2.63. The summed E-state index contributed by atoms with van der Waals surface area (Å²) in [4.78, 5) is 23.3. The van der Waals surface area contributed by atoms with Gasteiger partial charge in [0.05, 0.1) is 6.42 Å². The molecule has 0 aliphatic carbocycles. The first-order valence-electron chi connectivity index (χ1n) is 10.3. The molecule has 11 heteroatoms. The van der Waals surface area contributed by atoms with E-state index in [9.17, 15) is 18.0 Å². The van der Waals surface area contributed by atoms with Crippen molar-refractivity contribution in [1.29, 1.82) is 0 Å². The number of carbonyl (C=O) groups excluding carboxylic acids is 1. The maximum absolute atomic E-state index is 14.2. The van der Waals surface area contributed by atoms with Crippen molar-refractivity contribution in [1.82, 2.24) is 15.2 Å². The average Bonchev–Trinajstić information content (AvgIpc) is 3.35. The molecule has 2 aliphatic rings. The number of amides is 1. The molecule has 0 spiro atoms. The Morgan fingerprint density at radius 2 is 1.85 bits per heavy atom. The molecule has 0 saturated heterocycles. The summed E-state index contributed by atoms with van der Waals surface area (Å²) >= 11 is 11.9. The molecule has 4 rings (SSSR count). The first-order valence-corrected chi connectivity index (χ1v) is 11.0. The second-order valence-electron chi connectivity index (χ2n) is 8.56. The number of amidine groups is 1. The van der Waals surface area contributed by atoms with Gasteiger partial charge in [0, 0.05) is 41.4 Å². The van der Waals surface area contributed by atoms with Crippen molar-refractivity contribution in [2.24, 2.45) is 11.1 Å². The minimum absolute atomic E-state index is 0.0705. The molecule has 6 nitrogen and oxygen atoms in total. The largest absolute Gasteiger partial charge is 0.435 e. The molecule has 1 unspecified atom stereocenters. The molecule has 0 bridgehead atoms. The number of halogens is 5. The van der Waals surface area contributed by atoms with Gasteiger partial charge in [-0.1, -0.05) is 42.2 Å². The summed E-state index contributed by atoms with van der Waals surface area (Å²) in [6.07, 6.45) is -3.72. The topological polar surface area (TPSA) is 66.8 Å². The van der Waals surface area contributed by atoms with Crippen molar-refractivity contribution in [3.05, 3.63) is 62.9 Å². The normalized spacial score (nSPS) is 20.0. The van der Waals surface area contributed by atoms with Gasteiger partial charge in [-0.25, -0.2) is 0 Å². The number of hydrogen-bond acceptors (Lipinski definition) is 5. The van der Waals surface area contributed by atoms with E-state index in [1.807, 2.05) is 13.8 Å². The molecule has 2 aromatic rings. The summed E-state index contributed by atoms with van der Waals surface area (Å²) in [7, 11) is 0. The number of pyridine rings is 1. The Morgan fingerprint density at radius 1 is 1.18 bits per heavy atom. The average molecular weight is 501 g/mol. The molecule has 1 atom stereocenters. The Kier molecular flexibility index (Phi) is 6.22. The third-order valence-electron chi connectivity index (χ3n) is 5.57. The lowest BCUT2D eigenvalue weighted by Crippen LogP contribution is -2.43. The molecule has 1 aromatic carbocycles. The summed E-state index contributed by atoms with van der Waals surface area (Å²) in [5, 5.41) is 6.75. The number of hydrogen-bond donors (Lipinski definition) is 1. The van der Waals surface area contributed by atoms with Crippen LogP contribution < -0.4 is 5.32 Å². The third-order valence-corrected chi connectivity index (χ3v) is 6.01. The van der Waals surface area contributed by atoms with Gasteiger partial charge < -0.3 is 15.1 Å². The predicted octanol–water partition coefficient (Wildman–Crippen LogP) is 5.28. The van der Waals surface area contributed by atoms with Gasteiger partial charge in [-0.15, -0.1) is 0 Å².